The minimum atomic E-state index is -4.25. The zero-order valence-electron chi connectivity index (χ0n) is 11.9. The fourth-order valence-corrected chi connectivity index (χ4v) is 1.64. The number of hydrogen-bond acceptors (Lipinski definition) is 3. The maximum absolute atomic E-state index is 11.8. The fraction of sp³-hybridized carbons (Fsp3) is 0.769. The Bertz CT molecular complexity index is 377. The van der Waals surface area contributed by atoms with Gasteiger partial charge in [-0.05, 0) is 18.9 Å². The van der Waals surface area contributed by atoms with Gasteiger partial charge in [0, 0.05) is 31.5 Å². The molecule has 0 aliphatic heterocycles. The number of nitrogens with zero attached hydrogens (tertiary/aromatic N) is 2. The van der Waals surface area contributed by atoms with Crippen LogP contribution in [0.3, 0.4) is 0 Å². The van der Waals surface area contributed by atoms with E-state index in [-0.39, 0.29) is 6.61 Å². The number of ether oxygens (including phenoxy) is 1. The van der Waals surface area contributed by atoms with Crippen molar-refractivity contribution < 1.29 is 17.9 Å². The molecule has 0 fully saturated rings. The highest BCUT2D eigenvalue weighted by Gasteiger charge is 2.27. The summed E-state index contributed by atoms with van der Waals surface area (Å²) >= 11 is 0. The molecule has 0 unspecified atom stereocenters. The van der Waals surface area contributed by atoms with Crippen LogP contribution in [-0.4, -0.2) is 35.7 Å². The molecule has 0 atom stereocenters. The van der Waals surface area contributed by atoms with Crippen LogP contribution in [0.15, 0.2) is 12.4 Å². The molecule has 1 aromatic heterocycles. The van der Waals surface area contributed by atoms with E-state index in [9.17, 15) is 13.2 Å². The fourth-order valence-electron chi connectivity index (χ4n) is 1.64. The van der Waals surface area contributed by atoms with Crippen LogP contribution >= 0.6 is 0 Å². The van der Waals surface area contributed by atoms with E-state index in [2.05, 4.69) is 29.0 Å². The second kappa shape index (κ2) is 8.26. The first-order valence-electron chi connectivity index (χ1n) is 6.73. The van der Waals surface area contributed by atoms with E-state index in [1.807, 2.05) is 6.20 Å². The second-order valence-corrected chi connectivity index (χ2v) is 5.16. The quantitative estimate of drug-likeness (QED) is 0.711. The molecule has 4 nitrogen and oxygen atoms in total. The van der Waals surface area contributed by atoms with Crippen molar-refractivity contribution in [3.8, 4) is 0 Å². The van der Waals surface area contributed by atoms with E-state index in [0.717, 1.165) is 18.7 Å². The standard InChI is InChI=1S/C13H22F3N3O/c1-11(2)6-17-7-12-8-18-19(9-12)4-3-5-20-10-13(14,15)16/h8-9,11,17H,3-7,10H2,1-2H3. The highest BCUT2D eigenvalue weighted by atomic mass is 19.4. The second-order valence-electron chi connectivity index (χ2n) is 5.16. The molecule has 7 heteroatoms. The molecule has 0 aliphatic rings. The summed E-state index contributed by atoms with van der Waals surface area (Å²) in [5.74, 6) is 0.593. The van der Waals surface area contributed by atoms with Crippen molar-refractivity contribution in [2.24, 2.45) is 5.92 Å². The van der Waals surface area contributed by atoms with E-state index in [1.54, 1.807) is 10.9 Å². The Morgan fingerprint density at radius 1 is 1.40 bits per heavy atom. The molecule has 1 aromatic rings. The van der Waals surface area contributed by atoms with E-state index < -0.39 is 12.8 Å². The summed E-state index contributed by atoms with van der Waals surface area (Å²) in [4.78, 5) is 0. The molecule has 0 saturated carbocycles. The van der Waals surface area contributed by atoms with Crippen molar-refractivity contribution in [3.63, 3.8) is 0 Å². The molecule has 0 saturated heterocycles. The van der Waals surface area contributed by atoms with Gasteiger partial charge in [-0.2, -0.15) is 18.3 Å². The van der Waals surface area contributed by atoms with Gasteiger partial charge in [0.15, 0.2) is 0 Å². The largest absolute Gasteiger partial charge is 0.411 e. The maximum atomic E-state index is 11.8. The molecule has 0 amide bonds. The van der Waals surface area contributed by atoms with Crippen LogP contribution in [0.4, 0.5) is 13.2 Å². The van der Waals surface area contributed by atoms with Crippen LogP contribution in [-0.2, 0) is 17.8 Å². The molecular weight excluding hydrogens is 271 g/mol. The summed E-state index contributed by atoms with van der Waals surface area (Å²) in [6.07, 6.45) is -0.0709. The molecule has 0 bridgehead atoms. The molecule has 0 spiro atoms. The van der Waals surface area contributed by atoms with Crippen molar-refractivity contribution in [2.45, 2.75) is 39.5 Å². The predicted molar refractivity (Wildman–Crippen MR) is 70.3 cm³/mol. The highest BCUT2D eigenvalue weighted by molar-refractivity contribution is 5.03. The lowest BCUT2D eigenvalue weighted by atomic mass is 10.2. The Balaban J connectivity index is 2.14. The first-order valence-corrected chi connectivity index (χ1v) is 6.73. The maximum Gasteiger partial charge on any atom is 0.411 e. The Labute approximate surface area is 117 Å². The number of hydrogen-bond donors (Lipinski definition) is 1. The zero-order valence-corrected chi connectivity index (χ0v) is 11.9. The molecule has 1 heterocycles. The Hall–Kier alpha value is -1.08. The van der Waals surface area contributed by atoms with Crippen molar-refractivity contribution in [3.05, 3.63) is 18.0 Å². The summed E-state index contributed by atoms with van der Waals surface area (Å²) in [5.41, 5.74) is 1.07. The van der Waals surface area contributed by atoms with Gasteiger partial charge < -0.3 is 10.1 Å². The summed E-state index contributed by atoms with van der Waals surface area (Å²) in [6.45, 7) is 5.42. The summed E-state index contributed by atoms with van der Waals surface area (Å²) in [7, 11) is 0. The number of halogens is 3. The van der Waals surface area contributed by atoms with Crippen LogP contribution in [0.1, 0.15) is 25.8 Å². The van der Waals surface area contributed by atoms with Gasteiger partial charge in [0.1, 0.15) is 6.61 Å². The van der Waals surface area contributed by atoms with Gasteiger partial charge >= 0.3 is 6.18 Å². The SMILES string of the molecule is CC(C)CNCc1cnn(CCCOCC(F)(F)F)c1. The molecule has 0 aromatic carbocycles. The minimum absolute atomic E-state index is 0.0836. The van der Waals surface area contributed by atoms with Gasteiger partial charge in [-0.25, -0.2) is 0 Å². The molecule has 1 N–H and O–H groups in total. The molecule has 116 valence electrons. The van der Waals surface area contributed by atoms with E-state index in [0.29, 0.717) is 18.9 Å². The summed E-state index contributed by atoms with van der Waals surface area (Å²) < 4.78 is 41.8. The van der Waals surface area contributed by atoms with Gasteiger partial charge in [-0.3, -0.25) is 4.68 Å². The first kappa shape index (κ1) is 17.0. The van der Waals surface area contributed by atoms with E-state index >= 15 is 0 Å². The number of rotatable bonds is 9. The molecular formula is C13H22F3N3O. The van der Waals surface area contributed by atoms with Gasteiger partial charge in [0.05, 0.1) is 6.20 Å². The first-order chi connectivity index (χ1) is 9.37. The average Bonchev–Trinajstić information content (AvgIpc) is 2.74. The lowest BCUT2D eigenvalue weighted by Crippen LogP contribution is -2.18. The van der Waals surface area contributed by atoms with Crippen LogP contribution in [0.5, 0.6) is 0 Å². The number of aromatic nitrogens is 2. The molecule has 1 rings (SSSR count). The topological polar surface area (TPSA) is 39.1 Å². The van der Waals surface area contributed by atoms with E-state index in [4.69, 9.17) is 0 Å². The van der Waals surface area contributed by atoms with Crippen molar-refractivity contribution >= 4 is 0 Å². The van der Waals surface area contributed by atoms with Crippen molar-refractivity contribution in [2.75, 3.05) is 19.8 Å². The normalized spacial score (nSPS) is 12.3. The third-order valence-electron chi connectivity index (χ3n) is 2.51. The Morgan fingerprint density at radius 2 is 2.15 bits per heavy atom. The van der Waals surface area contributed by atoms with Crippen LogP contribution in [0, 0.1) is 5.92 Å². The lowest BCUT2D eigenvalue weighted by Gasteiger charge is -2.07. The van der Waals surface area contributed by atoms with Gasteiger partial charge in [0.25, 0.3) is 0 Å². The Kier molecular flexibility index (Phi) is 7.01. The summed E-state index contributed by atoms with van der Waals surface area (Å²) in [6, 6.07) is 0. The van der Waals surface area contributed by atoms with Gasteiger partial charge in [-0.15, -0.1) is 0 Å². The minimum Gasteiger partial charge on any atom is -0.372 e. The Morgan fingerprint density at radius 3 is 2.80 bits per heavy atom. The molecule has 0 radical (unpaired) electrons. The lowest BCUT2D eigenvalue weighted by molar-refractivity contribution is -0.174. The number of aryl methyl sites for hydroxylation is 1. The van der Waals surface area contributed by atoms with Gasteiger partial charge in [-0.1, -0.05) is 13.8 Å². The third-order valence-corrected chi connectivity index (χ3v) is 2.51. The predicted octanol–water partition coefficient (Wildman–Crippen LogP) is 2.60. The van der Waals surface area contributed by atoms with Crippen LogP contribution < -0.4 is 5.32 Å². The van der Waals surface area contributed by atoms with Gasteiger partial charge in [0.2, 0.25) is 0 Å². The third kappa shape index (κ3) is 8.16. The van der Waals surface area contributed by atoms with Crippen molar-refractivity contribution in [1.82, 2.24) is 15.1 Å². The van der Waals surface area contributed by atoms with E-state index in [1.165, 1.54) is 0 Å². The molecule has 0 aliphatic carbocycles. The zero-order chi connectivity index (χ0) is 15.0. The van der Waals surface area contributed by atoms with Crippen molar-refractivity contribution in [1.29, 1.82) is 0 Å². The number of nitrogens with one attached hydrogen (secondary N) is 1. The number of alkyl halides is 3. The van der Waals surface area contributed by atoms with Crippen LogP contribution in [0.25, 0.3) is 0 Å². The average molecular weight is 293 g/mol. The van der Waals surface area contributed by atoms with Crippen LogP contribution in [0.2, 0.25) is 0 Å². The molecule has 20 heavy (non-hydrogen) atoms. The monoisotopic (exact) mass is 293 g/mol. The highest BCUT2D eigenvalue weighted by Crippen LogP contribution is 2.14. The summed E-state index contributed by atoms with van der Waals surface area (Å²) in [5, 5.41) is 7.46. The smallest absolute Gasteiger partial charge is 0.372 e.